The van der Waals surface area contributed by atoms with Crippen LogP contribution in [-0.2, 0) is 9.59 Å². The summed E-state index contributed by atoms with van der Waals surface area (Å²) in [6.45, 7) is 9.55. The third kappa shape index (κ3) is 6.68. The predicted molar refractivity (Wildman–Crippen MR) is 151 cm³/mol. The molecule has 2 atom stereocenters. The van der Waals surface area contributed by atoms with Crippen LogP contribution >= 0.6 is 0 Å². The number of rotatable bonds is 12. The summed E-state index contributed by atoms with van der Waals surface area (Å²) in [4.78, 5) is 37.9. The van der Waals surface area contributed by atoms with Gasteiger partial charge in [-0.2, -0.15) is 0 Å². The molecule has 0 aromatic heterocycles. The van der Waals surface area contributed by atoms with Crippen molar-refractivity contribution < 1.29 is 14.3 Å². The van der Waals surface area contributed by atoms with Crippen molar-refractivity contribution in [3.63, 3.8) is 0 Å². The molecule has 8 heteroatoms. The van der Waals surface area contributed by atoms with Crippen molar-refractivity contribution in [2.24, 2.45) is 22.6 Å². The third-order valence-corrected chi connectivity index (χ3v) is 8.64. The lowest BCUT2D eigenvalue weighted by molar-refractivity contribution is -0.137. The predicted octanol–water partition coefficient (Wildman–Crippen LogP) is 3.90. The molecule has 8 nitrogen and oxygen atoms in total. The standard InChI is InChI=1S/C30H47N5O3/c1-3-5-16-30(25-11-10-18-33(22-25)17-6-4-2)28(37)35(29(31)32-30)21-24-14-19-34(20-15-24)27(36)23-38-26-12-8-7-9-13-26/h7-9,12-13,24-25H,3-6,10-11,14-23H2,1-2H3,(H2,31,32). The number of unbranched alkanes of at least 4 members (excludes halogenated alkanes) is 2. The highest BCUT2D eigenvalue weighted by molar-refractivity contribution is 6.07. The van der Waals surface area contributed by atoms with E-state index in [9.17, 15) is 9.59 Å². The van der Waals surface area contributed by atoms with E-state index < -0.39 is 5.54 Å². The monoisotopic (exact) mass is 525 g/mol. The average molecular weight is 526 g/mol. The van der Waals surface area contributed by atoms with Gasteiger partial charge in [-0.3, -0.25) is 14.5 Å². The molecule has 2 unspecified atom stereocenters. The highest BCUT2D eigenvalue weighted by Crippen LogP contribution is 2.40. The topological polar surface area (TPSA) is 91.5 Å². The number of hydrogen-bond acceptors (Lipinski definition) is 6. The SMILES string of the molecule is CCCCN1CCCC(C2(CCCC)N=C(N)N(CC3CCN(C(=O)COc4ccccc4)CC3)C2=O)C1. The van der Waals surface area contributed by atoms with Crippen molar-refractivity contribution in [3.8, 4) is 5.75 Å². The van der Waals surface area contributed by atoms with Gasteiger partial charge in [0.15, 0.2) is 12.6 Å². The van der Waals surface area contributed by atoms with Crippen molar-refractivity contribution in [3.05, 3.63) is 30.3 Å². The van der Waals surface area contributed by atoms with Gasteiger partial charge in [0, 0.05) is 32.1 Å². The Labute approximate surface area is 228 Å². The second kappa shape index (κ2) is 13.5. The van der Waals surface area contributed by atoms with Crippen molar-refractivity contribution in [1.29, 1.82) is 0 Å². The minimum Gasteiger partial charge on any atom is -0.484 e. The minimum absolute atomic E-state index is 0.00846. The Bertz CT molecular complexity index is 946. The summed E-state index contributed by atoms with van der Waals surface area (Å²) in [7, 11) is 0. The number of likely N-dealkylation sites (tertiary alicyclic amines) is 2. The second-order valence-corrected chi connectivity index (χ2v) is 11.3. The van der Waals surface area contributed by atoms with E-state index in [0.29, 0.717) is 37.3 Å². The molecule has 0 spiro atoms. The molecule has 210 valence electrons. The number of carbonyl (C=O) groups excluding carboxylic acids is 2. The number of guanidine groups is 1. The molecule has 0 aliphatic carbocycles. The fourth-order valence-electron chi connectivity index (χ4n) is 6.31. The van der Waals surface area contributed by atoms with Gasteiger partial charge in [-0.1, -0.05) is 51.3 Å². The number of benzene rings is 1. The summed E-state index contributed by atoms with van der Waals surface area (Å²) in [5.74, 6) is 1.75. The Kier molecular flexibility index (Phi) is 10.1. The van der Waals surface area contributed by atoms with Gasteiger partial charge in [0.2, 0.25) is 0 Å². The highest BCUT2D eigenvalue weighted by atomic mass is 16.5. The molecule has 1 aromatic carbocycles. The van der Waals surface area contributed by atoms with Crippen LogP contribution in [0.2, 0.25) is 0 Å². The number of piperidine rings is 2. The first-order valence-corrected chi connectivity index (χ1v) is 14.8. The molecule has 1 aromatic rings. The molecule has 2 saturated heterocycles. The number of nitrogens with zero attached hydrogens (tertiary/aromatic N) is 4. The van der Waals surface area contributed by atoms with Gasteiger partial charge in [0.1, 0.15) is 11.3 Å². The van der Waals surface area contributed by atoms with Gasteiger partial charge in [0.05, 0.1) is 0 Å². The lowest BCUT2D eigenvalue weighted by atomic mass is 9.75. The molecule has 3 aliphatic rings. The van der Waals surface area contributed by atoms with Gasteiger partial charge in [-0.15, -0.1) is 0 Å². The maximum absolute atomic E-state index is 14.1. The van der Waals surface area contributed by atoms with Gasteiger partial charge < -0.3 is 20.3 Å². The summed E-state index contributed by atoms with van der Waals surface area (Å²) in [6.07, 6.45) is 9.03. The van der Waals surface area contributed by atoms with Gasteiger partial charge in [-0.05, 0) is 69.7 Å². The largest absolute Gasteiger partial charge is 0.484 e. The van der Waals surface area contributed by atoms with E-state index in [4.69, 9.17) is 15.5 Å². The quantitative estimate of drug-likeness (QED) is 0.447. The average Bonchev–Trinajstić information content (AvgIpc) is 3.19. The fraction of sp³-hybridized carbons (Fsp3) is 0.700. The summed E-state index contributed by atoms with van der Waals surface area (Å²) < 4.78 is 5.65. The first kappa shape index (κ1) is 28.4. The summed E-state index contributed by atoms with van der Waals surface area (Å²) in [6, 6.07) is 9.43. The maximum atomic E-state index is 14.1. The Hall–Kier alpha value is -2.61. The van der Waals surface area contributed by atoms with Crippen LogP contribution in [0.15, 0.2) is 35.3 Å². The van der Waals surface area contributed by atoms with Crippen LogP contribution in [0.3, 0.4) is 0 Å². The lowest BCUT2D eigenvalue weighted by Crippen LogP contribution is -2.54. The molecule has 38 heavy (non-hydrogen) atoms. The van der Waals surface area contributed by atoms with Crippen LogP contribution in [0.25, 0.3) is 0 Å². The van der Waals surface area contributed by atoms with Crippen LogP contribution in [0.4, 0.5) is 0 Å². The molecule has 0 bridgehead atoms. The van der Waals surface area contributed by atoms with E-state index >= 15 is 0 Å². The van der Waals surface area contributed by atoms with Crippen molar-refractivity contribution in [1.82, 2.24) is 14.7 Å². The van der Waals surface area contributed by atoms with Crippen molar-refractivity contribution in [2.45, 2.75) is 77.2 Å². The summed E-state index contributed by atoms with van der Waals surface area (Å²) in [5.41, 5.74) is 5.77. The van der Waals surface area contributed by atoms with Crippen LogP contribution in [0.1, 0.15) is 71.6 Å². The molecule has 3 heterocycles. The Morgan fingerprint density at radius 2 is 1.82 bits per heavy atom. The van der Waals surface area contributed by atoms with Crippen molar-refractivity contribution in [2.75, 3.05) is 45.9 Å². The molecular weight excluding hydrogens is 478 g/mol. The molecule has 3 aliphatic heterocycles. The minimum atomic E-state index is -0.712. The number of ether oxygens (including phenoxy) is 1. The second-order valence-electron chi connectivity index (χ2n) is 11.3. The number of hydrogen-bond donors (Lipinski definition) is 1. The molecular formula is C30H47N5O3. The smallest absolute Gasteiger partial charge is 0.260 e. The van der Waals surface area contributed by atoms with Gasteiger partial charge in [-0.25, -0.2) is 4.99 Å². The number of carbonyl (C=O) groups is 2. The number of amides is 2. The van der Waals surface area contributed by atoms with E-state index in [0.717, 1.165) is 64.6 Å². The molecule has 2 amide bonds. The molecule has 2 fully saturated rings. The van der Waals surface area contributed by atoms with Crippen LogP contribution in [0, 0.1) is 11.8 Å². The number of nitrogens with two attached hydrogens (primary N) is 1. The van der Waals surface area contributed by atoms with E-state index in [-0.39, 0.29) is 24.3 Å². The van der Waals surface area contributed by atoms with E-state index in [2.05, 4.69) is 18.7 Å². The van der Waals surface area contributed by atoms with Gasteiger partial charge in [0.25, 0.3) is 11.8 Å². The van der Waals surface area contributed by atoms with E-state index in [1.165, 1.54) is 12.8 Å². The Morgan fingerprint density at radius 3 is 2.53 bits per heavy atom. The molecule has 0 saturated carbocycles. The fourth-order valence-corrected chi connectivity index (χ4v) is 6.31. The zero-order valence-electron chi connectivity index (χ0n) is 23.4. The zero-order chi connectivity index (χ0) is 27.0. The number of para-hydroxylation sites is 1. The van der Waals surface area contributed by atoms with Crippen LogP contribution in [-0.4, -0.2) is 83.9 Å². The zero-order valence-corrected chi connectivity index (χ0v) is 23.4. The van der Waals surface area contributed by atoms with Crippen molar-refractivity contribution >= 4 is 17.8 Å². The third-order valence-electron chi connectivity index (χ3n) is 8.64. The first-order chi connectivity index (χ1) is 18.5. The first-order valence-electron chi connectivity index (χ1n) is 14.8. The molecule has 0 radical (unpaired) electrons. The molecule has 4 rings (SSSR count). The van der Waals surface area contributed by atoms with Crippen LogP contribution in [0.5, 0.6) is 5.75 Å². The summed E-state index contributed by atoms with van der Waals surface area (Å²) >= 11 is 0. The highest BCUT2D eigenvalue weighted by Gasteiger charge is 2.53. The lowest BCUT2D eigenvalue weighted by Gasteiger charge is -2.41. The van der Waals surface area contributed by atoms with Gasteiger partial charge >= 0.3 is 0 Å². The van der Waals surface area contributed by atoms with E-state index in [1.54, 1.807) is 4.90 Å². The Balaban J connectivity index is 1.33. The number of aliphatic imine (C=N–C) groups is 1. The van der Waals surface area contributed by atoms with E-state index in [1.807, 2.05) is 35.2 Å². The van der Waals surface area contributed by atoms with Crippen LogP contribution < -0.4 is 10.5 Å². The molecule has 2 N–H and O–H groups in total. The maximum Gasteiger partial charge on any atom is 0.260 e. The normalized spacial score (nSPS) is 25.1. The Morgan fingerprint density at radius 1 is 1.08 bits per heavy atom. The summed E-state index contributed by atoms with van der Waals surface area (Å²) in [5, 5.41) is 0.